The Morgan fingerprint density at radius 3 is 2.64 bits per heavy atom. The average molecular weight is 149 g/mol. The Kier molecular flexibility index (Phi) is 2.09. The Labute approximate surface area is 64.1 Å². The van der Waals surface area contributed by atoms with E-state index < -0.39 is 0 Å². The van der Waals surface area contributed by atoms with Crippen molar-refractivity contribution < 1.29 is 10.2 Å². The minimum Gasteiger partial charge on any atom is -0.507 e. The minimum atomic E-state index is -0.126. The highest BCUT2D eigenvalue weighted by Gasteiger charge is 1.99. The Morgan fingerprint density at radius 1 is 1.45 bits per heavy atom. The van der Waals surface area contributed by atoms with E-state index in [9.17, 15) is 0 Å². The van der Waals surface area contributed by atoms with Gasteiger partial charge in [0.05, 0.1) is 12.2 Å². The summed E-state index contributed by atoms with van der Waals surface area (Å²) in [5.74, 6) is -0.0842. The zero-order chi connectivity index (χ0) is 8.27. The number of hydrogen-bond acceptors (Lipinski definition) is 3. The summed E-state index contributed by atoms with van der Waals surface area (Å²) in [5.41, 5.74) is 0.823. The number of nitriles is 1. The molecule has 0 aromatic heterocycles. The van der Waals surface area contributed by atoms with Gasteiger partial charge in [-0.05, 0) is 17.7 Å². The van der Waals surface area contributed by atoms with E-state index in [-0.39, 0.29) is 17.9 Å². The first-order valence-corrected chi connectivity index (χ1v) is 3.11. The van der Waals surface area contributed by atoms with E-state index in [1.807, 2.05) is 6.07 Å². The molecule has 1 rings (SSSR count). The molecule has 3 heteroatoms. The highest BCUT2D eigenvalue weighted by Crippen LogP contribution is 2.17. The molecule has 0 radical (unpaired) electrons. The monoisotopic (exact) mass is 149 g/mol. The van der Waals surface area contributed by atoms with Crippen molar-refractivity contribution >= 4 is 0 Å². The van der Waals surface area contributed by atoms with E-state index in [0.29, 0.717) is 5.56 Å². The van der Waals surface area contributed by atoms with Crippen LogP contribution in [0.2, 0.25) is 0 Å². The fourth-order valence-electron chi connectivity index (χ4n) is 0.770. The smallest absolute Gasteiger partial charge is 0.133 e. The molecule has 1 aromatic carbocycles. The third-order valence-electron chi connectivity index (χ3n) is 1.37. The first-order chi connectivity index (χ1) is 5.27. The van der Waals surface area contributed by atoms with Gasteiger partial charge in [0.25, 0.3) is 0 Å². The van der Waals surface area contributed by atoms with E-state index in [4.69, 9.17) is 15.5 Å². The zero-order valence-corrected chi connectivity index (χ0v) is 5.78. The van der Waals surface area contributed by atoms with Crippen LogP contribution in [-0.2, 0) is 6.61 Å². The summed E-state index contributed by atoms with van der Waals surface area (Å²) in [6.45, 7) is -0.126. The van der Waals surface area contributed by atoms with Crippen LogP contribution in [-0.4, -0.2) is 10.2 Å². The molecule has 56 valence electrons. The number of aromatic hydroxyl groups is 1. The van der Waals surface area contributed by atoms with Crippen LogP contribution in [0.25, 0.3) is 0 Å². The van der Waals surface area contributed by atoms with Gasteiger partial charge in [0, 0.05) is 0 Å². The van der Waals surface area contributed by atoms with Crippen LogP contribution in [0.5, 0.6) is 5.75 Å². The van der Waals surface area contributed by atoms with Gasteiger partial charge >= 0.3 is 0 Å². The molecule has 0 fully saturated rings. The maximum absolute atomic E-state index is 9.09. The second-order valence-corrected chi connectivity index (χ2v) is 2.12. The molecule has 3 nitrogen and oxygen atoms in total. The van der Waals surface area contributed by atoms with Crippen LogP contribution in [0.4, 0.5) is 0 Å². The van der Waals surface area contributed by atoms with E-state index >= 15 is 0 Å². The molecule has 11 heavy (non-hydrogen) atoms. The first kappa shape index (κ1) is 7.58. The molecular weight excluding hydrogens is 142 g/mol. The largest absolute Gasteiger partial charge is 0.507 e. The van der Waals surface area contributed by atoms with Crippen LogP contribution in [0.15, 0.2) is 18.2 Å². The molecule has 0 aliphatic heterocycles. The number of aliphatic hydroxyl groups excluding tert-OH is 1. The van der Waals surface area contributed by atoms with Crippen molar-refractivity contribution in [3.8, 4) is 11.8 Å². The van der Waals surface area contributed by atoms with Crippen molar-refractivity contribution in [1.82, 2.24) is 0 Å². The number of rotatable bonds is 1. The lowest BCUT2D eigenvalue weighted by molar-refractivity contribution is 0.281. The number of phenolic OH excluding ortho intramolecular Hbond substituents is 1. The lowest BCUT2D eigenvalue weighted by atomic mass is 10.1. The van der Waals surface area contributed by atoms with Crippen molar-refractivity contribution in [2.45, 2.75) is 6.61 Å². The molecule has 0 aliphatic rings. The maximum Gasteiger partial charge on any atom is 0.133 e. The van der Waals surface area contributed by atoms with Crippen LogP contribution in [0.3, 0.4) is 0 Å². The van der Waals surface area contributed by atoms with Gasteiger partial charge in [0.2, 0.25) is 0 Å². The van der Waals surface area contributed by atoms with Gasteiger partial charge in [0.15, 0.2) is 0 Å². The van der Waals surface area contributed by atoms with Crippen LogP contribution >= 0.6 is 0 Å². The summed E-state index contributed by atoms with van der Waals surface area (Å²) in [7, 11) is 0. The van der Waals surface area contributed by atoms with Crippen LogP contribution in [0, 0.1) is 11.3 Å². The van der Waals surface area contributed by atoms with E-state index in [2.05, 4.69) is 0 Å². The zero-order valence-electron chi connectivity index (χ0n) is 5.78. The van der Waals surface area contributed by atoms with Crippen molar-refractivity contribution in [1.29, 1.82) is 5.26 Å². The molecular formula is C8H7NO2. The standard InChI is InChI=1S/C8H7NO2/c9-4-7-2-1-6(5-10)3-8(7)11/h1-3,10-11H,5H2. The molecule has 0 unspecified atom stereocenters. The number of hydrogen-bond donors (Lipinski definition) is 2. The summed E-state index contributed by atoms with van der Waals surface area (Å²) in [5, 5.41) is 26.1. The minimum absolute atomic E-state index is 0.0842. The highest BCUT2D eigenvalue weighted by atomic mass is 16.3. The molecule has 0 atom stereocenters. The average Bonchev–Trinajstić information content (AvgIpc) is 2.04. The highest BCUT2D eigenvalue weighted by molar-refractivity contribution is 5.43. The topological polar surface area (TPSA) is 64.2 Å². The van der Waals surface area contributed by atoms with Crippen LogP contribution < -0.4 is 0 Å². The normalized spacial score (nSPS) is 9.09. The van der Waals surface area contributed by atoms with Gasteiger partial charge in [-0.3, -0.25) is 0 Å². The fraction of sp³-hybridized carbons (Fsp3) is 0.125. The predicted molar refractivity (Wildman–Crippen MR) is 38.7 cm³/mol. The number of benzene rings is 1. The Hall–Kier alpha value is -1.53. The lowest BCUT2D eigenvalue weighted by Gasteiger charge is -1.97. The van der Waals surface area contributed by atoms with Gasteiger partial charge in [-0.1, -0.05) is 6.07 Å². The third kappa shape index (κ3) is 1.48. The second-order valence-electron chi connectivity index (χ2n) is 2.12. The quantitative estimate of drug-likeness (QED) is 0.619. The Bertz CT molecular complexity index is 301. The Balaban J connectivity index is 3.12. The third-order valence-corrected chi connectivity index (χ3v) is 1.37. The van der Waals surface area contributed by atoms with Crippen molar-refractivity contribution in [3.05, 3.63) is 29.3 Å². The molecule has 0 aliphatic carbocycles. The molecule has 0 saturated heterocycles. The van der Waals surface area contributed by atoms with Crippen LogP contribution in [0.1, 0.15) is 11.1 Å². The van der Waals surface area contributed by atoms with Gasteiger partial charge in [0.1, 0.15) is 11.8 Å². The first-order valence-electron chi connectivity index (χ1n) is 3.11. The lowest BCUT2D eigenvalue weighted by Crippen LogP contribution is -1.83. The van der Waals surface area contributed by atoms with Crippen molar-refractivity contribution in [2.75, 3.05) is 0 Å². The summed E-state index contributed by atoms with van der Waals surface area (Å²) < 4.78 is 0. The van der Waals surface area contributed by atoms with Crippen molar-refractivity contribution in [3.63, 3.8) is 0 Å². The molecule has 1 aromatic rings. The summed E-state index contributed by atoms with van der Waals surface area (Å²) >= 11 is 0. The number of nitrogens with zero attached hydrogens (tertiary/aromatic N) is 1. The summed E-state index contributed by atoms with van der Waals surface area (Å²) in [6.07, 6.45) is 0. The molecule has 0 spiro atoms. The van der Waals surface area contributed by atoms with E-state index in [1.54, 1.807) is 6.07 Å². The predicted octanol–water partition coefficient (Wildman–Crippen LogP) is 0.756. The van der Waals surface area contributed by atoms with E-state index in [1.165, 1.54) is 12.1 Å². The summed E-state index contributed by atoms with van der Waals surface area (Å²) in [6, 6.07) is 6.26. The molecule has 0 heterocycles. The number of phenols is 1. The molecule has 0 amide bonds. The van der Waals surface area contributed by atoms with E-state index in [0.717, 1.165) is 0 Å². The number of aliphatic hydroxyl groups is 1. The van der Waals surface area contributed by atoms with Crippen molar-refractivity contribution in [2.24, 2.45) is 0 Å². The SMILES string of the molecule is N#Cc1ccc(CO)cc1O. The second kappa shape index (κ2) is 3.04. The summed E-state index contributed by atoms with van der Waals surface area (Å²) in [4.78, 5) is 0. The van der Waals surface area contributed by atoms with Gasteiger partial charge < -0.3 is 10.2 Å². The van der Waals surface area contributed by atoms with Gasteiger partial charge in [-0.15, -0.1) is 0 Å². The fourth-order valence-corrected chi connectivity index (χ4v) is 0.770. The Morgan fingerprint density at radius 2 is 2.18 bits per heavy atom. The molecule has 0 saturated carbocycles. The molecule has 0 bridgehead atoms. The van der Waals surface area contributed by atoms with Gasteiger partial charge in [-0.2, -0.15) is 5.26 Å². The van der Waals surface area contributed by atoms with Gasteiger partial charge in [-0.25, -0.2) is 0 Å². The maximum atomic E-state index is 9.09. The molecule has 2 N–H and O–H groups in total.